The Morgan fingerprint density at radius 1 is 1.50 bits per heavy atom. The van der Waals surface area contributed by atoms with Crippen molar-refractivity contribution in [1.82, 2.24) is 9.97 Å². The van der Waals surface area contributed by atoms with E-state index in [0.29, 0.717) is 17.1 Å². The fourth-order valence-electron chi connectivity index (χ4n) is 1.59. The highest BCUT2D eigenvalue weighted by molar-refractivity contribution is 7.71. The van der Waals surface area contributed by atoms with Crippen molar-refractivity contribution in [2.75, 3.05) is 23.4 Å². The summed E-state index contributed by atoms with van der Waals surface area (Å²) in [4.78, 5) is 19.1. The average molecular weight is 212 g/mol. The second kappa shape index (κ2) is 3.45. The number of hydrogen-bond acceptors (Lipinski definition) is 4. The van der Waals surface area contributed by atoms with E-state index in [-0.39, 0.29) is 5.56 Å². The summed E-state index contributed by atoms with van der Waals surface area (Å²) < 4.78 is 0.374. The maximum atomic E-state index is 11.5. The Bertz CT molecular complexity index is 449. The highest BCUT2D eigenvalue weighted by Crippen LogP contribution is 2.23. The summed E-state index contributed by atoms with van der Waals surface area (Å²) in [5.74, 6) is 0.806. The average Bonchev–Trinajstić information content (AvgIpc) is 2.49. The molecule has 0 amide bonds. The van der Waals surface area contributed by atoms with E-state index in [1.165, 1.54) is 0 Å². The van der Waals surface area contributed by atoms with E-state index >= 15 is 0 Å². The largest absolute Gasteiger partial charge is 0.360 e. The van der Waals surface area contributed by atoms with Crippen LogP contribution in [-0.2, 0) is 0 Å². The Labute approximate surface area is 86.2 Å². The molecule has 0 atom stereocenters. The zero-order valence-electron chi connectivity index (χ0n) is 7.89. The smallest absolute Gasteiger partial charge is 0.277 e. The number of nitrogens with zero attached hydrogens (tertiary/aromatic N) is 1. The quantitative estimate of drug-likeness (QED) is 0.641. The number of nitrogens with one attached hydrogen (secondary N) is 3. The summed E-state index contributed by atoms with van der Waals surface area (Å²) in [6, 6.07) is 0. The first-order valence-corrected chi connectivity index (χ1v) is 4.98. The van der Waals surface area contributed by atoms with Crippen molar-refractivity contribution >= 4 is 23.7 Å². The van der Waals surface area contributed by atoms with Gasteiger partial charge in [0.15, 0.2) is 4.77 Å². The fraction of sp³-hybridized carbons (Fsp3) is 0.500. The van der Waals surface area contributed by atoms with Crippen LogP contribution in [0.1, 0.15) is 13.3 Å². The highest BCUT2D eigenvalue weighted by atomic mass is 32.1. The fourth-order valence-corrected chi connectivity index (χ4v) is 1.78. The van der Waals surface area contributed by atoms with Crippen molar-refractivity contribution in [3.8, 4) is 0 Å². The summed E-state index contributed by atoms with van der Waals surface area (Å²) in [7, 11) is 0. The van der Waals surface area contributed by atoms with Gasteiger partial charge in [-0.3, -0.25) is 9.78 Å². The van der Waals surface area contributed by atoms with Gasteiger partial charge in [-0.2, -0.15) is 0 Å². The molecule has 5 nitrogen and oxygen atoms in total. The van der Waals surface area contributed by atoms with E-state index < -0.39 is 0 Å². The van der Waals surface area contributed by atoms with Gasteiger partial charge >= 0.3 is 0 Å². The number of aromatic amines is 2. The molecular weight excluding hydrogens is 200 g/mol. The molecule has 0 spiro atoms. The molecule has 14 heavy (non-hydrogen) atoms. The Kier molecular flexibility index (Phi) is 2.28. The number of H-pyrrole nitrogens is 2. The van der Waals surface area contributed by atoms with Crippen LogP contribution in [0, 0.1) is 4.77 Å². The van der Waals surface area contributed by atoms with Crippen molar-refractivity contribution in [2.24, 2.45) is 0 Å². The van der Waals surface area contributed by atoms with Crippen LogP contribution in [0.15, 0.2) is 4.79 Å². The van der Waals surface area contributed by atoms with Crippen molar-refractivity contribution in [2.45, 2.75) is 13.3 Å². The van der Waals surface area contributed by atoms with E-state index in [4.69, 9.17) is 12.2 Å². The summed E-state index contributed by atoms with van der Waals surface area (Å²) in [5.41, 5.74) is 0.439. The molecule has 0 unspecified atom stereocenters. The number of fused-ring (bicyclic) bond motifs is 1. The molecule has 0 bridgehead atoms. The first-order chi connectivity index (χ1) is 6.72. The number of aromatic nitrogens is 2. The SMILES string of the molecule is CCCN1CNc2c1[nH]c(=S)[nH]c2=O. The normalized spacial score (nSPS) is 13.9. The minimum absolute atomic E-state index is 0.151. The van der Waals surface area contributed by atoms with Crippen molar-refractivity contribution < 1.29 is 0 Å². The minimum atomic E-state index is -0.151. The Morgan fingerprint density at radius 2 is 2.29 bits per heavy atom. The van der Waals surface area contributed by atoms with E-state index in [1.54, 1.807) is 0 Å². The molecule has 3 N–H and O–H groups in total. The zero-order chi connectivity index (χ0) is 10.1. The van der Waals surface area contributed by atoms with Crippen molar-refractivity contribution in [3.63, 3.8) is 0 Å². The van der Waals surface area contributed by atoms with Gasteiger partial charge in [-0.25, -0.2) is 0 Å². The van der Waals surface area contributed by atoms with Gasteiger partial charge in [0.05, 0.1) is 6.67 Å². The van der Waals surface area contributed by atoms with Crippen LogP contribution in [0.3, 0.4) is 0 Å². The lowest BCUT2D eigenvalue weighted by atomic mass is 10.4. The van der Waals surface area contributed by atoms with Gasteiger partial charge in [0.1, 0.15) is 11.5 Å². The predicted octanol–water partition coefficient (Wildman–Crippen LogP) is 1.03. The first kappa shape index (κ1) is 9.26. The van der Waals surface area contributed by atoms with Crippen LogP contribution >= 0.6 is 12.2 Å². The molecule has 1 aliphatic rings. The summed E-state index contributed by atoms with van der Waals surface area (Å²) in [5, 5.41) is 3.04. The van der Waals surface area contributed by atoms with Gasteiger partial charge in [0, 0.05) is 6.54 Å². The van der Waals surface area contributed by atoms with Gasteiger partial charge in [-0.05, 0) is 18.6 Å². The molecule has 2 heterocycles. The molecular formula is C8H12N4OS. The molecule has 2 rings (SSSR count). The Hall–Kier alpha value is -1.30. The van der Waals surface area contributed by atoms with Crippen molar-refractivity contribution in [3.05, 3.63) is 15.1 Å². The number of anilines is 2. The van der Waals surface area contributed by atoms with E-state index in [9.17, 15) is 4.79 Å². The third kappa shape index (κ3) is 1.41. The van der Waals surface area contributed by atoms with E-state index in [0.717, 1.165) is 18.8 Å². The van der Waals surface area contributed by atoms with Crippen LogP contribution in [0.5, 0.6) is 0 Å². The zero-order valence-corrected chi connectivity index (χ0v) is 8.70. The Balaban J connectivity index is 2.49. The second-order valence-corrected chi connectivity index (χ2v) is 3.64. The highest BCUT2D eigenvalue weighted by Gasteiger charge is 2.20. The van der Waals surface area contributed by atoms with Crippen molar-refractivity contribution in [1.29, 1.82) is 0 Å². The van der Waals surface area contributed by atoms with Crippen LogP contribution in [0.4, 0.5) is 11.5 Å². The third-order valence-corrected chi connectivity index (χ3v) is 2.38. The number of hydrogen-bond donors (Lipinski definition) is 3. The predicted molar refractivity (Wildman–Crippen MR) is 58.4 cm³/mol. The molecule has 1 aromatic rings. The Morgan fingerprint density at radius 3 is 3.00 bits per heavy atom. The third-order valence-electron chi connectivity index (χ3n) is 2.18. The molecule has 0 aliphatic carbocycles. The van der Waals surface area contributed by atoms with Gasteiger partial charge in [-0.15, -0.1) is 0 Å². The molecule has 1 aromatic heterocycles. The number of rotatable bonds is 2. The molecule has 76 valence electrons. The lowest BCUT2D eigenvalue weighted by Gasteiger charge is -2.15. The van der Waals surface area contributed by atoms with E-state index in [2.05, 4.69) is 27.1 Å². The van der Waals surface area contributed by atoms with Crippen LogP contribution < -0.4 is 15.8 Å². The topological polar surface area (TPSA) is 63.9 Å². The summed E-state index contributed by atoms with van der Waals surface area (Å²) >= 11 is 4.91. The first-order valence-electron chi connectivity index (χ1n) is 4.57. The van der Waals surface area contributed by atoms with Gasteiger partial charge < -0.3 is 15.2 Å². The molecule has 0 saturated carbocycles. The maximum absolute atomic E-state index is 11.5. The molecule has 0 aromatic carbocycles. The van der Waals surface area contributed by atoms with Crippen LogP contribution in [0.2, 0.25) is 0 Å². The molecule has 6 heteroatoms. The molecule has 0 radical (unpaired) electrons. The molecule has 0 saturated heterocycles. The monoisotopic (exact) mass is 212 g/mol. The molecule has 0 fully saturated rings. The van der Waals surface area contributed by atoms with Gasteiger partial charge in [-0.1, -0.05) is 6.92 Å². The van der Waals surface area contributed by atoms with Crippen LogP contribution in [0.25, 0.3) is 0 Å². The maximum Gasteiger partial charge on any atom is 0.277 e. The van der Waals surface area contributed by atoms with Gasteiger partial charge in [0.25, 0.3) is 5.56 Å². The standard InChI is InChI=1S/C8H12N4OS/c1-2-3-12-4-9-5-6(12)10-8(14)11-7(5)13/h9H,2-4H2,1H3,(H2,10,11,13,14). The summed E-state index contributed by atoms with van der Waals surface area (Å²) in [6.45, 7) is 3.68. The summed E-state index contributed by atoms with van der Waals surface area (Å²) in [6.07, 6.45) is 1.04. The lowest BCUT2D eigenvalue weighted by molar-refractivity contribution is 0.807. The van der Waals surface area contributed by atoms with Crippen LogP contribution in [-0.4, -0.2) is 23.2 Å². The lowest BCUT2D eigenvalue weighted by Crippen LogP contribution is -2.23. The van der Waals surface area contributed by atoms with Gasteiger partial charge in [0.2, 0.25) is 0 Å². The van der Waals surface area contributed by atoms with E-state index in [1.807, 2.05) is 0 Å². The molecule has 1 aliphatic heterocycles. The minimum Gasteiger partial charge on any atom is -0.360 e. The second-order valence-electron chi connectivity index (χ2n) is 3.23.